The lowest BCUT2D eigenvalue weighted by Crippen LogP contribution is -2.33. The van der Waals surface area contributed by atoms with Crippen LogP contribution in [0.25, 0.3) is 0 Å². The van der Waals surface area contributed by atoms with Crippen LogP contribution in [0.2, 0.25) is 0 Å². The molecule has 0 aromatic heterocycles. The van der Waals surface area contributed by atoms with Crippen molar-refractivity contribution >= 4 is 11.6 Å². The van der Waals surface area contributed by atoms with Gasteiger partial charge >= 0.3 is 12.1 Å². The Morgan fingerprint density at radius 2 is 2.09 bits per heavy atom. The molecular weight excluding hydrogens is 305 g/mol. The van der Waals surface area contributed by atoms with Crippen molar-refractivity contribution in [1.29, 1.82) is 0 Å². The number of rotatable bonds is 5. The number of anilines is 1. The van der Waals surface area contributed by atoms with E-state index in [2.05, 4.69) is 12.2 Å². The van der Waals surface area contributed by atoms with Crippen LogP contribution >= 0.6 is 0 Å². The van der Waals surface area contributed by atoms with Gasteiger partial charge in [-0.1, -0.05) is 38.3 Å². The second kappa shape index (κ2) is 7.81. The number of carbonyl (C=O) groups is 1. The van der Waals surface area contributed by atoms with Gasteiger partial charge in [-0.25, -0.2) is 0 Å². The van der Waals surface area contributed by atoms with Gasteiger partial charge < -0.3 is 10.6 Å². The fourth-order valence-electron chi connectivity index (χ4n) is 3.07. The molecule has 1 fully saturated rings. The summed E-state index contributed by atoms with van der Waals surface area (Å²) in [6, 6.07) is 6.99. The Hall–Kier alpha value is -1.56. The Kier molecular flexibility index (Phi) is 6.04. The summed E-state index contributed by atoms with van der Waals surface area (Å²) < 4.78 is 36.8. The molecule has 128 valence electrons. The highest BCUT2D eigenvalue weighted by Gasteiger charge is 2.38. The lowest BCUT2D eigenvalue weighted by molar-refractivity contribution is -0.167. The van der Waals surface area contributed by atoms with Crippen molar-refractivity contribution in [3.05, 3.63) is 29.8 Å². The van der Waals surface area contributed by atoms with Crippen LogP contribution in [-0.2, 0) is 11.3 Å². The largest absolute Gasteiger partial charge is 0.471 e. The molecule has 2 N–H and O–H groups in total. The van der Waals surface area contributed by atoms with Gasteiger partial charge in [-0.2, -0.15) is 13.2 Å². The zero-order chi connectivity index (χ0) is 16.9. The quantitative estimate of drug-likeness (QED) is 0.848. The minimum atomic E-state index is -4.87. The van der Waals surface area contributed by atoms with Crippen LogP contribution in [-0.4, -0.2) is 18.1 Å². The standard InChI is InChI=1S/C17H23F3N2O/c1-2-12-5-3-7-14(9-12)21-11-13-6-4-8-15(10-13)22-16(23)17(18,19)20/h4,6,8,10,12,14,21H,2-3,5,7,9,11H2,1H3,(H,22,23). The van der Waals surface area contributed by atoms with E-state index in [0.29, 0.717) is 12.6 Å². The average Bonchev–Trinajstić information content (AvgIpc) is 2.52. The number of hydrogen-bond acceptors (Lipinski definition) is 2. The average molecular weight is 328 g/mol. The molecule has 0 bridgehead atoms. The predicted octanol–water partition coefficient (Wildman–Crippen LogP) is 4.25. The number of carbonyl (C=O) groups excluding carboxylic acids is 1. The number of benzene rings is 1. The van der Waals surface area contributed by atoms with E-state index in [4.69, 9.17) is 0 Å². The summed E-state index contributed by atoms with van der Waals surface area (Å²) in [4.78, 5) is 11.0. The van der Waals surface area contributed by atoms with E-state index in [1.54, 1.807) is 12.1 Å². The van der Waals surface area contributed by atoms with Gasteiger partial charge in [-0.3, -0.25) is 4.79 Å². The monoisotopic (exact) mass is 328 g/mol. The molecule has 1 amide bonds. The summed E-state index contributed by atoms with van der Waals surface area (Å²) in [5.41, 5.74) is 1.03. The molecule has 23 heavy (non-hydrogen) atoms. The van der Waals surface area contributed by atoms with E-state index in [1.807, 2.05) is 11.4 Å². The summed E-state index contributed by atoms with van der Waals surface area (Å²) >= 11 is 0. The maximum atomic E-state index is 12.3. The van der Waals surface area contributed by atoms with Crippen LogP contribution in [0.3, 0.4) is 0 Å². The van der Waals surface area contributed by atoms with Gasteiger partial charge in [-0.15, -0.1) is 0 Å². The van der Waals surface area contributed by atoms with Gasteiger partial charge in [0.1, 0.15) is 0 Å². The van der Waals surface area contributed by atoms with Crippen molar-refractivity contribution in [3.63, 3.8) is 0 Å². The minimum Gasteiger partial charge on any atom is -0.318 e. The molecule has 0 heterocycles. The van der Waals surface area contributed by atoms with Gasteiger partial charge in [0.05, 0.1) is 0 Å². The molecule has 0 spiro atoms. The number of halogens is 3. The topological polar surface area (TPSA) is 41.1 Å². The van der Waals surface area contributed by atoms with Gasteiger partial charge in [0.15, 0.2) is 0 Å². The molecule has 3 nitrogen and oxygen atoms in total. The Bertz CT molecular complexity index is 531. The zero-order valence-corrected chi connectivity index (χ0v) is 13.2. The Morgan fingerprint density at radius 3 is 2.78 bits per heavy atom. The second-order valence-corrected chi connectivity index (χ2v) is 6.17. The molecule has 0 aliphatic heterocycles. The summed E-state index contributed by atoms with van der Waals surface area (Å²) in [5.74, 6) is -1.18. The molecule has 0 radical (unpaired) electrons. The molecule has 2 rings (SSSR count). The zero-order valence-electron chi connectivity index (χ0n) is 13.2. The van der Waals surface area contributed by atoms with Crippen molar-refractivity contribution in [2.75, 3.05) is 5.32 Å². The third-order valence-electron chi connectivity index (χ3n) is 4.40. The summed E-state index contributed by atoms with van der Waals surface area (Å²) in [6.07, 6.45) is 1.12. The molecule has 1 aromatic rings. The van der Waals surface area contributed by atoms with Crippen molar-refractivity contribution in [3.8, 4) is 0 Å². The molecule has 0 saturated heterocycles. The maximum absolute atomic E-state index is 12.3. The van der Waals surface area contributed by atoms with Crippen LogP contribution in [0.1, 0.15) is 44.6 Å². The van der Waals surface area contributed by atoms with E-state index in [-0.39, 0.29) is 5.69 Å². The first-order chi connectivity index (χ1) is 10.9. The molecule has 2 atom stereocenters. The van der Waals surface area contributed by atoms with Gasteiger partial charge in [-0.05, 0) is 36.5 Å². The highest BCUT2D eigenvalue weighted by atomic mass is 19.4. The van der Waals surface area contributed by atoms with Crippen LogP contribution in [0.15, 0.2) is 24.3 Å². The third-order valence-corrected chi connectivity index (χ3v) is 4.40. The van der Waals surface area contributed by atoms with Gasteiger partial charge in [0.2, 0.25) is 0 Å². The lowest BCUT2D eigenvalue weighted by Gasteiger charge is -2.29. The molecule has 2 unspecified atom stereocenters. The minimum absolute atomic E-state index is 0.168. The highest BCUT2D eigenvalue weighted by Crippen LogP contribution is 2.27. The maximum Gasteiger partial charge on any atom is 0.471 e. The summed E-state index contributed by atoms with van der Waals surface area (Å²) in [7, 11) is 0. The van der Waals surface area contributed by atoms with E-state index in [0.717, 1.165) is 24.3 Å². The number of amides is 1. The number of hydrogen-bond donors (Lipinski definition) is 2. The fraction of sp³-hybridized carbons (Fsp3) is 0.588. The van der Waals surface area contributed by atoms with E-state index < -0.39 is 12.1 Å². The van der Waals surface area contributed by atoms with Crippen molar-refractivity contribution in [2.45, 2.75) is 57.8 Å². The van der Waals surface area contributed by atoms with Crippen LogP contribution in [0.4, 0.5) is 18.9 Å². The normalized spacial score (nSPS) is 21.9. The van der Waals surface area contributed by atoms with E-state index in [1.165, 1.54) is 25.3 Å². The SMILES string of the molecule is CCC1CCCC(NCc2cccc(NC(=O)C(F)(F)F)c2)C1. The van der Waals surface area contributed by atoms with Crippen molar-refractivity contribution < 1.29 is 18.0 Å². The summed E-state index contributed by atoms with van der Waals surface area (Å²) in [6.45, 7) is 2.80. The second-order valence-electron chi connectivity index (χ2n) is 6.17. The molecule has 1 aromatic carbocycles. The Morgan fingerprint density at radius 1 is 1.30 bits per heavy atom. The third kappa shape index (κ3) is 5.53. The van der Waals surface area contributed by atoms with Crippen LogP contribution in [0, 0.1) is 5.92 Å². The molecule has 6 heteroatoms. The fourth-order valence-corrected chi connectivity index (χ4v) is 3.07. The smallest absolute Gasteiger partial charge is 0.318 e. The Balaban J connectivity index is 1.89. The highest BCUT2D eigenvalue weighted by molar-refractivity contribution is 5.94. The first-order valence-electron chi connectivity index (χ1n) is 8.09. The summed E-state index contributed by atoms with van der Waals surface area (Å²) in [5, 5.41) is 5.36. The first kappa shape index (κ1) is 17.8. The van der Waals surface area contributed by atoms with E-state index >= 15 is 0 Å². The molecule has 1 aliphatic carbocycles. The van der Waals surface area contributed by atoms with Crippen molar-refractivity contribution in [2.24, 2.45) is 5.92 Å². The number of nitrogens with one attached hydrogen (secondary N) is 2. The van der Waals surface area contributed by atoms with Crippen LogP contribution in [0.5, 0.6) is 0 Å². The molecule has 1 saturated carbocycles. The number of alkyl halides is 3. The van der Waals surface area contributed by atoms with Crippen LogP contribution < -0.4 is 10.6 Å². The first-order valence-corrected chi connectivity index (χ1v) is 8.09. The van der Waals surface area contributed by atoms with Gasteiger partial charge in [0, 0.05) is 18.3 Å². The lowest BCUT2D eigenvalue weighted by atomic mass is 9.84. The predicted molar refractivity (Wildman–Crippen MR) is 84.0 cm³/mol. The molecular formula is C17H23F3N2O. The Labute approximate surface area is 134 Å². The van der Waals surface area contributed by atoms with Gasteiger partial charge in [0.25, 0.3) is 0 Å². The van der Waals surface area contributed by atoms with Crippen molar-refractivity contribution in [1.82, 2.24) is 5.32 Å². The molecule has 1 aliphatic rings. The van der Waals surface area contributed by atoms with E-state index in [9.17, 15) is 18.0 Å².